The standard InChI is InChI=1S/C16H25N3O2/c1-13-4-6-14(7-5-13)15(18(2)3)12-17-16(20)19-8-10-21-11-9-19/h4-7,15H,8-12H2,1-3H3,(H,17,20). The van der Waals surface area contributed by atoms with Crippen LogP contribution in [0.1, 0.15) is 17.2 Å². The van der Waals surface area contributed by atoms with Crippen molar-refractivity contribution in [3.8, 4) is 0 Å². The van der Waals surface area contributed by atoms with E-state index in [1.807, 2.05) is 19.0 Å². The number of hydrogen-bond acceptors (Lipinski definition) is 3. The second-order valence-corrected chi connectivity index (χ2v) is 5.68. The Labute approximate surface area is 126 Å². The number of rotatable bonds is 4. The van der Waals surface area contributed by atoms with E-state index >= 15 is 0 Å². The number of carbonyl (C=O) groups is 1. The van der Waals surface area contributed by atoms with E-state index < -0.39 is 0 Å². The molecule has 0 aliphatic carbocycles. The minimum Gasteiger partial charge on any atom is -0.378 e. The van der Waals surface area contributed by atoms with Gasteiger partial charge in [0.1, 0.15) is 0 Å². The van der Waals surface area contributed by atoms with Gasteiger partial charge >= 0.3 is 6.03 Å². The fraction of sp³-hybridized carbons (Fsp3) is 0.562. The number of likely N-dealkylation sites (N-methyl/N-ethyl adjacent to an activating group) is 1. The predicted octanol–water partition coefficient (Wildman–Crippen LogP) is 1.64. The second-order valence-electron chi connectivity index (χ2n) is 5.68. The largest absolute Gasteiger partial charge is 0.378 e. The minimum atomic E-state index is -0.00254. The number of hydrogen-bond donors (Lipinski definition) is 1. The average molecular weight is 291 g/mol. The third-order valence-electron chi connectivity index (χ3n) is 3.83. The summed E-state index contributed by atoms with van der Waals surface area (Å²) in [5.41, 5.74) is 2.46. The number of urea groups is 1. The van der Waals surface area contributed by atoms with Crippen molar-refractivity contribution < 1.29 is 9.53 Å². The van der Waals surface area contributed by atoms with Crippen LogP contribution in [0, 0.1) is 6.92 Å². The summed E-state index contributed by atoms with van der Waals surface area (Å²) in [5, 5.41) is 3.04. The van der Waals surface area contributed by atoms with Crippen LogP contribution in [0.4, 0.5) is 4.79 Å². The van der Waals surface area contributed by atoms with Gasteiger partial charge in [0.2, 0.25) is 0 Å². The molecule has 1 aliphatic heterocycles. The van der Waals surface area contributed by atoms with Crippen LogP contribution in [0.2, 0.25) is 0 Å². The van der Waals surface area contributed by atoms with Crippen molar-refractivity contribution >= 4 is 6.03 Å². The van der Waals surface area contributed by atoms with E-state index in [1.54, 1.807) is 0 Å². The molecule has 1 aromatic carbocycles. The SMILES string of the molecule is Cc1ccc(C(CNC(=O)N2CCOCC2)N(C)C)cc1. The van der Waals surface area contributed by atoms with Gasteiger partial charge in [0.25, 0.3) is 0 Å². The zero-order valence-electron chi connectivity index (χ0n) is 13.1. The molecule has 5 nitrogen and oxygen atoms in total. The summed E-state index contributed by atoms with van der Waals surface area (Å²) in [5.74, 6) is 0. The quantitative estimate of drug-likeness (QED) is 0.917. The molecule has 2 rings (SSSR count). The van der Waals surface area contributed by atoms with Crippen LogP contribution in [-0.4, -0.2) is 62.8 Å². The van der Waals surface area contributed by atoms with E-state index in [0.717, 1.165) is 0 Å². The Morgan fingerprint density at radius 1 is 1.29 bits per heavy atom. The summed E-state index contributed by atoms with van der Waals surface area (Å²) in [4.78, 5) is 16.1. The van der Waals surface area contributed by atoms with Gasteiger partial charge in [-0.25, -0.2) is 4.79 Å². The molecule has 116 valence electrons. The Bertz CT molecular complexity index is 453. The molecule has 1 N–H and O–H groups in total. The Hall–Kier alpha value is -1.59. The number of amides is 2. The van der Waals surface area contributed by atoms with Crippen LogP contribution >= 0.6 is 0 Å². The van der Waals surface area contributed by atoms with Gasteiger partial charge in [0.05, 0.1) is 19.3 Å². The average Bonchev–Trinajstić information content (AvgIpc) is 2.49. The van der Waals surface area contributed by atoms with Crippen molar-refractivity contribution in [3.05, 3.63) is 35.4 Å². The zero-order valence-corrected chi connectivity index (χ0v) is 13.1. The third kappa shape index (κ3) is 4.44. The summed E-state index contributed by atoms with van der Waals surface area (Å²) in [6.07, 6.45) is 0. The summed E-state index contributed by atoms with van der Waals surface area (Å²) in [6, 6.07) is 8.64. The van der Waals surface area contributed by atoms with E-state index in [9.17, 15) is 4.79 Å². The van der Waals surface area contributed by atoms with E-state index in [4.69, 9.17) is 4.74 Å². The fourth-order valence-corrected chi connectivity index (χ4v) is 2.45. The van der Waals surface area contributed by atoms with Crippen LogP contribution in [0.15, 0.2) is 24.3 Å². The fourth-order valence-electron chi connectivity index (χ4n) is 2.45. The third-order valence-corrected chi connectivity index (χ3v) is 3.83. The number of morpholine rings is 1. The molecule has 1 heterocycles. The maximum atomic E-state index is 12.2. The monoisotopic (exact) mass is 291 g/mol. The van der Waals surface area contributed by atoms with Crippen molar-refractivity contribution in [3.63, 3.8) is 0 Å². The molecule has 1 atom stereocenters. The molecule has 0 saturated carbocycles. The summed E-state index contributed by atoms with van der Waals surface area (Å²) < 4.78 is 5.26. The van der Waals surface area contributed by atoms with Crippen LogP contribution in [-0.2, 0) is 4.74 Å². The van der Waals surface area contributed by atoms with Crippen LogP contribution in [0.3, 0.4) is 0 Å². The maximum absolute atomic E-state index is 12.2. The second kappa shape index (κ2) is 7.43. The van der Waals surface area contributed by atoms with Crippen LogP contribution in [0.5, 0.6) is 0 Å². The van der Waals surface area contributed by atoms with E-state index in [2.05, 4.69) is 41.4 Å². The highest BCUT2D eigenvalue weighted by Gasteiger charge is 2.19. The van der Waals surface area contributed by atoms with E-state index in [0.29, 0.717) is 32.8 Å². The molecule has 1 unspecified atom stereocenters. The van der Waals surface area contributed by atoms with Crippen molar-refractivity contribution in [1.29, 1.82) is 0 Å². The summed E-state index contributed by atoms with van der Waals surface area (Å²) >= 11 is 0. The van der Waals surface area contributed by atoms with Crippen molar-refractivity contribution in [1.82, 2.24) is 15.1 Å². The van der Waals surface area contributed by atoms with Crippen LogP contribution < -0.4 is 5.32 Å². The Morgan fingerprint density at radius 3 is 2.48 bits per heavy atom. The number of aryl methyl sites for hydroxylation is 1. The molecule has 0 radical (unpaired) electrons. The van der Waals surface area contributed by atoms with Gasteiger partial charge in [-0.2, -0.15) is 0 Å². The van der Waals surface area contributed by atoms with Crippen molar-refractivity contribution in [2.75, 3.05) is 46.9 Å². The Morgan fingerprint density at radius 2 is 1.90 bits per heavy atom. The van der Waals surface area contributed by atoms with Gasteiger partial charge in [-0.3, -0.25) is 0 Å². The highest BCUT2D eigenvalue weighted by molar-refractivity contribution is 5.74. The lowest BCUT2D eigenvalue weighted by Gasteiger charge is -2.29. The van der Waals surface area contributed by atoms with Gasteiger partial charge in [0, 0.05) is 19.6 Å². The van der Waals surface area contributed by atoms with Crippen LogP contribution in [0.25, 0.3) is 0 Å². The number of nitrogens with zero attached hydrogens (tertiary/aromatic N) is 2. The van der Waals surface area contributed by atoms with E-state index in [-0.39, 0.29) is 12.1 Å². The van der Waals surface area contributed by atoms with E-state index in [1.165, 1.54) is 11.1 Å². The first kappa shape index (κ1) is 15.8. The lowest BCUT2D eigenvalue weighted by molar-refractivity contribution is 0.0528. The number of nitrogens with one attached hydrogen (secondary N) is 1. The maximum Gasteiger partial charge on any atom is 0.317 e. The Kier molecular flexibility index (Phi) is 5.59. The minimum absolute atomic E-state index is 0.00254. The molecule has 0 aromatic heterocycles. The molecule has 0 bridgehead atoms. The molecule has 21 heavy (non-hydrogen) atoms. The molecule has 1 aromatic rings. The van der Waals surface area contributed by atoms with Gasteiger partial charge in [-0.1, -0.05) is 29.8 Å². The molecular weight excluding hydrogens is 266 g/mol. The molecular formula is C16H25N3O2. The van der Waals surface area contributed by atoms with Gasteiger partial charge in [0.15, 0.2) is 0 Å². The molecule has 1 fully saturated rings. The van der Waals surface area contributed by atoms with Gasteiger partial charge < -0.3 is 19.9 Å². The predicted molar refractivity (Wildman–Crippen MR) is 83.4 cm³/mol. The first-order valence-electron chi connectivity index (χ1n) is 7.41. The highest BCUT2D eigenvalue weighted by atomic mass is 16.5. The molecule has 5 heteroatoms. The first-order valence-corrected chi connectivity index (χ1v) is 7.41. The summed E-state index contributed by atoms with van der Waals surface area (Å²) in [7, 11) is 4.07. The zero-order chi connectivity index (χ0) is 15.2. The van der Waals surface area contributed by atoms with Crippen molar-refractivity contribution in [2.45, 2.75) is 13.0 Å². The normalized spacial score (nSPS) is 16.9. The lowest BCUT2D eigenvalue weighted by Crippen LogP contribution is -2.47. The first-order chi connectivity index (χ1) is 10.1. The summed E-state index contributed by atoms with van der Waals surface area (Å²) in [6.45, 7) is 5.28. The Balaban J connectivity index is 1.93. The molecule has 1 saturated heterocycles. The molecule has 2 amide bonds. The topological polar surface area (TPSA) is 44.8 Å². The highest BCUT2D eigenvalue weighted by Crippen LogP contribution is 2.18. The smallest absolute Gasteiger partial charge is 0.317 e. The number of benzene rings is 1. The van der Waals surface area contributed by atoms with Gasteiger partial charge in [-0.05, 0) is 26.6 Å². The number of ether oxygens (including phenoxy) is 1. The number of carbonyl (C=O) groups excluding carboxylic acids is 1. The lowest BCUT2D eigenvalue weighted by atomic mass is 10.0. The molecule has 0 spiro atoms. The molecule has 1 aliphatic rings. The van der Waals surface area contributed by atoms with Crippen molar-refractivity contribution in [2.24, 2.45) is 0 Å². The van der Waals surface area contributed by atoms with Gasteiger partial charge in [-0.15, -0.1) is 0 Å².